The maximum atomic E-state index is 5.53. The first-order chi connectivity index (χ1) is 4.92. The smallest absolute Gasteiger partial charge is 0.00428 e. The quantitative estimate of drug-likeness (QED) is 0.689. The van der Waals surface area contributed by atoms with Crippen LogP contribution in [0.3, 0.4) is 0 Å². The molecule has 1 aromatic heterocycles. The minimum Gasteiger partial charge on any atom is -0.330 e. The molecule has 0 aliphatic heterocycles. The maximum absolute atomic E-state index is 5.53. The van der Waals surface area contributed by atoms with Gasteiger partial charge in [0, 0.05) is 0 Å². The maximum Gasteiger partial charge on any atom is -0.00428 e. The normalized spacial score (nSPS) is 30.5. The first-order valence-corrected chi connectivity index (χ1v) is 4.58. The molecule has 1 nitrogen and oxygen atoms in total. The van der Waals surface area contributed by atoms with Gasteiger partial charge < -0.3 is 5.73 Å². The molecule has 1 aliphatic rings. The Kier molecular flexibility index (Phi) is 1.51. The number of rotatable bonds is 2. The summed E-state index contributed by atoms with van der Waals surface area (Å²) in [6.45, 7) is 0.862. The Morgan fingerprint density at radius 3 is 3.10 bits per heavy atom. The zero-order valence-corrected chi connectivity index (χ0v) is 6.60. The first kappa shape index (κ1) is 6.38. The molecular formula is C8H11NS. The molecule has 2 heteroatoms. The largest absolute Gasteiger partial charge is 0.330 e. The molecule has 10 heavy (non-hydrogen) atoms. The van der Waals surface area contributed by atoms with Crippen molar-refractivity contribution in [2.75, 3.05) is 6.54 Å². The van der Waals surface area contributed by atoms with Crippen LogP contribution in [-0.2, 0) is 0 Å². The van der Waals surface area contributed by atoms with Gasteiger partial charge in [-0.3, -0.25) is 0 Å². The van der Waals surface area contributed by atoms with Crippen LogP contribution in [0, 0.1) is 5.92 Å². The van der Waals surface area contributed by atoms with Crippen LogP contribution in [0.4, 0.5) is 0 Å². The van der Waals surface area contributed by atoms with E-state index in [-0.39, 0.29) is 0 Å². The van der Waals surface area contributed by atoms with Gasteiger partial charge in [0.1, 0.15) is 0 Å². The van der Waals surface area contributed by atoms with Gasteiger partial charge in [0.05, 0.1) is 0 Å². The third-order valence-corrected chi connectivity index (χ3v) is 2.90. The molecule has 0 spiro atoms. The van der Waals surface area contributed by atoms with Crippen LogP contribution >= 0.6 is 11.3 Å². The second kappa shape index (κ2) is 2.36. The molecule has 1 heterocycles. The van der Waals surface area contributed by atoms with Crippen LogP contribution in [0.15, 0.2) is 16.8 Å². The van der Waals surface area contributed by atoms with Gasteiger partial charge in [0.25, 0.3) is 0 Å². The number of nitrogens with two attached hydrogens (primary N) is 1. The molecular weight excluding hydrogens is 142 g/mol. The molecule has 54 valence electrons. The van der Waals surface area contributed by atoms with E-state index in [4.69, 9.17) is 5.73 Å². The molecule has 2 N–H and O–H groups in total. The lowest BCUT2D eigenvalue weighted by molar-refractivity contribution is 0.811. The highest BCUT2D eigenvalue weighted by Gasteiger charge is 2.36. The zero-order chi connectivity index (χ0) is 6.97. The molecule has 2 rings (SSSR count). The number of hydrogen-bond acceptors (Lipinski definition) is 2. The Morgan fingerprint density at radius 1 is 1.70 bits per heavy atom. The monoisotopic (exact) mass is 153 g/mol. The van der Waals surface area contributed by atoms with Crippen molar-refractivity contribution in [3.05, 3.63) is 22.4 Å². The molecule has 0 saturated heterocycles. The van der Waals surface area contributed by atoms with Crippen molar-refractivity contribution in [1.29, 1.82) is 0 Å². The van der Waals surface area contributed by atoms with E-state index in [1.165, 1.54) is 12.0 Å². The third-order valence-electron chi connectivity index (χ3n) is 2.20. The molecule has 1 aromatic rings. The van der Waals surface area contributed by atoms with Crippen LogP contribution in [0.1, 0.15) is 17.9 Å². The van der Waals surface area contributed by atoms with E-state index in [9.17, 15) is 0 Å². The molecule has 0 bridgehead atoms. The highest BCUT2D eigenvalue weighted by atomic mass is 32.1. The zero-order valence-electron chi connectivity index (χ0n) is 5.79. The molecule has 0 unspecified atom stereocenters. The SMILES string of the molecule is NC[C@H]1C[C@@H]1c1ccsc1. The fraction of sp³-hybridized carbons (Fsp3) is 0.500. The fourth-order valence-electron chi connectivity index (χ4n) is 1.40. The lowest BCUT2D eigenvalue weighted by Gasteiger charge is -1.90. The van der Waals surface area contributed by atoms with Crippen molar-refractivity contribution in [1.82, 2.24) is 0 Å². The summed E-state index contributed by atoms with van der Waals surface area (Å²) in [6.07, 6.45) is 1.31. The third kappa shape index (κ3) is 0.976. The predicted molar refractivity (Wildman–Crippen MR) is 44.2 cm³/mol. The van der Waals surface area contributed by atoms with E-state index in [0.717, 1.165) is 18.4 Å². The van der Waals surface area contributed by atoms with E-state index in [0.29, 0.717) is 0 Å². The van der Waals surface area contributed by atoms with Crippen LogP contribution in [0.5, 0.6) is 0 Å². The molecule has 2 atom stereocenters. The van der Waals surface area contributed by atoms with Gasteiger partial charge >= 0.3 is 0 Å². The van der Waals surface area contributed by atoms with Crippen LogP contribution in [-0.4, -0.2) is 6.54 Å². The van der Waals surface area contributed by atoms with Crippen LogP contribution < -0.4 is 5.73 Å². The Bertz CT molecular complexity index is 205. The second-order valence-corrected chi connectivity index (χ2v) is 3.67. The van der Waals surface area contributed by atoms with Gasteiger partial charge in [-0.15, -0.1) is 0 Å². The second-order valence-electron chi connectivity index (χ2n) is 2.89. The average molecular weight is 153 g/mol. The molecule has 1 saturated carbocycles. The lowest BCUT2D eigenvalue weighted by Crippen LogP contribution is -2.01. The number of hydrogen-bond donors (Lipinski definition) is 1. The Hall–Kier alpha value is -0.340. The lowest BCUT2D eigenvalue weighted by atomic mass is 10.2. The van der Waals surface area contributed by atoms with Gasteiger partial charge in [-0.2, -0.15) is 11.3 Å². The summed E-state index contributed by atoms with van der Waals surface area (Å²) in [5.41, 5.74) is 7.03. The summed E-state index contributed by atoms with van der Waals surface area (Å²) in [5.74, 6) is 1.59. The average Bonchev–Trinajstić information content (AvgIpc) is 2.56. The van der Waals surface area contributed by atoms with Gasteiger partial charge in [0.2, 0.25) is 0 Å². The van der Waals surface area contributed by atoms with Gasteiger partial charge in [0.15, 0.2) is 0 Å². The van der Waals surface area contributed by atoms with Crippen LogP contribution in [0.2, 0.25) is 0 Å². The Balaban J connectivity index is 2.05. The molecule has 0 radical (unpaired) electrons. The fourth-order valence-corrected chi connectivity index (χ4v) is 2.13. The number of thiophene rings is 1. The van der Waals surface area contributed by atoms with Crippen molar-refractivity contribution in [3.8, 4) is 0 Å². The summed E-state index contributed by atoms with van der Waals surface area (Å²) in [6, 6.07) is 2.21. The van der Waals surface area contributed by atoms with E-state index in [1.807, 2.05) is 0 Å². The minimum atomic E-state index is 0.787. The Morgan fingerprint density at radius 2 is 2.60 bits per heavy atom. The molecule has 0 aromatic carbocycles. The summed E-state index contributed by atoms with van der Waals surface area (Å²) in [4.78, 5) is 0. The summed E-state index contributed by atoms with van der Waals surface area (Å²) in [5, 5.41) is 4.38. The van der Waals surface area contributed by atoms with Crippen molar-refractivity contribution >= 4 is 11.3 Å². The molecule has 1 aliphatic carbocycles. The molecule has 1 fully saturated rings. The predicted octanol–water partition coefficient (Wildman–Crippen LogP) is 1.81. The summed E-state index contributed by atoms with van der Waals surface area (Å²) in [7, 11) is 0. The van der Waals surface area contributed by atoms with Gasteiger partial charge in [-0.25, -0.2) is 0 Å². The van der Waals surface area contributed by atoms with Crippen molar-refractivity contribution in [3.63, 3.8) is 0 Å². The van der Waals surface area contributed by atoms with Crippen molar-refractivity contribution < 1.29 is 0 Å². The highest BCUT2D eigenvalue weighted by Crippen LogP contribution is 2.47. The van der Waals surface area contributed by atoms with Crippen LogP contribution in [0.25, 0.3) is 0 Å². The molecule has 0 amide bonds. The van der Waals surface area contributed by atoms with E-state index in [2.05, 4.69) is 16.8 Å². The van der Waals surface area contributed by atoms with E-state index >= 15 is 0 Å². The first-order valence-electron chi connectivity index (χ1n) is 3.64. The topological polar surface area (TPSA) is 26.0 Å². The van der Waals surface area contributed by atoms with Crippen molar-refractivity contribution in [2.45, 2.75) is 12.3 Å². The summed E-state index contributed by atoms with van der Waals surface area (Å²) >= 11 is 1.78. The minimum absolute atomic E-state index is 0.787. The highest BCUT2D eigenvalue weighted by molar-refractivity contribution is 7.08. The van der Waals surface area contributed by atoms with Gasteiger partial charge in [-0.05, 0) is 47.2 Å². The van der Waals surface area contributed by atoms with E-state index < -0.39 is 0 Å². The summed E-state index contributed by atoms with van der Waals surface area (Å²) < 4.78 is 0. The van der Waals surface area contributed by atoms with Gasteiger partial charge in [-0.1, -0.05) is 0 Å². The Labute approximate surface area is 64.9 Å². The van der Waals surface area contributed by atoms with Crippen molar-refractivity contribution in [2.24, 2.45) is 11.7 Å². The standard InChI is InChI=1S/C8H11NS/c9-4-7-3-8(7)6-1-2-10-5-6/h1-2,5,7-8H,3-4,9H2/t7-,8-/m1/s1. The van der Waals surface area contributed by atoms with E-state index in [1.54, 1.807) is 11.3 Å².